The number of nitrogens with two attached hydrogens (primary N) is 1. The minimum Gasteiger partial charge on any atom is -0.389 e. The van der Waals surface area contributed by atoms with Crippen molar-refractivity contribution in [2.24, 2.45) is 12.8 Å². The molecule has 0 fully saturated rings. The number of benzene rings is 1. The Hall–Kier alpha value is -1.63. The Morgan fingerprint density at radius 1 is 1.40 bits per heavy atom. The Kier molecular flexibility index (Phi) is 4.27. The van der Waals surface area contributed by atoms with Crippen LogP contribution < -0.4 is 11.1 Å². The van der Waals surface area contributed by atoms with Gasteiger partial charge in [-0.05, 0) is 12.1 Å². The Morgan fingerprint density at radius 3 is 2.55 bits per heavy atom. The van der Waals surface area contributed by atoms with E-state index in [9.17, 15) is 4.79 Å². The van der Waals surface area contributed by atoms with Gasteiger partial charge in [0.2, 0.25) is 0 Å². The number of rotatable bonds is 3. The first kappa shape index (κ1) is 14.8. The first-order chi connectivity index (χ1) is 9.41. The maximum Gasteiger partial charge on any atom is 0.259 e. The van der Waals surface area contributed by atoms with E-state index in [-0.39, 0.29) is 20.6 Å². The summed E-state index contributed by atoms with van der Waals surface area (Å²) in [6, 6.07) is 4.83. The molecule has 1 amide bonds. The van der Waals surface area contributed by atoms with Gasteiger partial charge in [-0.15, -0.1) is 0 Å². The molecule has 0 unspecified atom stereocenters. The molecule has 5 nitrogen and oxygen atoms in total. The van der Waals surface area contributed by atoms with Gasteiger partial charge in [0, 0.05) is 7.05 Å². The molecular formula is C12H10Cl2N4OS. The van der Waals surface area contributed by atoms with Gasteiger partial charge < -0.3 is 11.1 Å². The second-order valence-corrected chi connectivity index (χ2v) is 5.20. The van der Waals surface area contributed by atoms with Crippen LogP contribution in [-0.2, 0) is 7.05 Å². The molecule has 0 aliphatic carbocycles. The van der Waals surface area contributed by atoms with E-state index >= 15 is 0 Å². The maximum atomic E-state index is 12.3. The third kappa shape index (κ3) is 2.77. The van der Waals surface area contributed by atoms with Gasteiger partial charge in [0.05, 0.1) is 27.4 Å². The van der Waals surface area contributed by atoms with Crippen LogP contribution in [0.4, 0.5) is 5.82 Å². The van der Waals surface area contributed by atoms with Gasteiger partial charge in [-0.25, -0.2) is 0 Å². The normalized spacial score (nSPS) is 10.3. The lowest BCUT2D eigenvalue weighted by Crippen LogP contribution is -2.19. The fourth-order valence-corrected chi connectivity index (χ4v) is 2.37. The van der Waals surface area contributed by atoms with Crippen LogP contribution in [0.1, 0.15) is 15.9 Å². The first-order valence-electron chi connectivity index (χ1n) is 5.49. The van der Waals surface area contributed by atoms with Crippen molar-refractivity contribution in [1.29, 1.82) is 0 Å². The Morgan fingerprint density at radius 2 is 2.00 bits per heavy atom. The smallest absolute Gasteiger partial charge is 0.259 e. The molecule has 1 aromatic carbocycles. The van der Waals surface area contributed by atoms with E-state index in [0.717, 1.165) is 0 Å². The van der Waals surface area contributed by atoms with Crippen molar-refractivity contribution >= 4 is 52.1 Å². The quantitative estimate of drug-likeness (QED) is 0.849. The highest BCUT2D eigenvalue weighted by molar-refractivity contribution is 7.80. The highest BCUT2D eigenvalue weighted by Gasteiger charge is 2.18. The number of carbonyl (C=O) groups is 1. The Labute approximate surface area is 130 Å². The maximum absolute atomic E-state index is 12.3. The average molecular weight is 329 g/mol. The number of carbonyl (C=O) groups excluding carboxylic acids is 1. The van der Waals surface area contributed by atoms with E-state index in [4.69, 9.17) is 41.2 Å². The van der Waals surface area contributed by atoms with Gasteiger partial charge in [-0.2, -0.15) is 5.10 Å². The number of thiocarbonyl (C=S) groups is 1. The van der Waals surface area contributed by atoms with Crippen LogP contribution in [0.3, 0.4) is 0 Å². The first-order valence-corrected chi connectivity index (χ1v) is 6.65. The van der Waals surface area contributed by atoms with Crippen molar-refractivity contribution < 1.29 is 4.79 Å². The summed E-state index contributed by atoms with van der Waals surface area (Å²) in [4.78, 5) is 12.4. The summed E-state index contributed by atoms with van der Waals surface area (Å²) < 4.78 is 1.46. The second-order valence-electron chi connectivity index (χ2n) is 3.95. The number of nitrogens with one attached hydrogen (secondary N) is 1. The van der Waals surface area contributed by atoms with Gasteiger partial charge in [-0.3, -0.25) is 9.48 Å². The van der Waals surface area contributed by atoms with Crippen LogP contribution in [0, 0.1) is 0 Å². The third-order valence-electron chi connectivity index (χ3n) is 2.63. The number of anilines is 1. The van der Waals surface area contributed by atoms with Crippen molar-refractivity contribution in [3.63, 3.8) is 0 Å². The van der Waals surface area contributed by atoms with Crippen molar-refractivity contribution in [1.82, 2.24) is 9.78 Å². The fraction of sp³-hybridized carbons (Fsp3) is 0.0833. The fourth-order valence-electron chi connectivity index (χ4n) is 1.65. The molecule has 20 heavy (non-hydrogen) atoms. The van der Waals surface area contributed by atoms with Gasteiger partial charge in [0.15, 0.2) is 0 Å². The van der Waals surface area contributed by atoms with Crippen molar-refractivity contribution in [2.75, 3.05) is 5.32 Å². The summed E-state index contributed by atoms with van der Waals surface area (Å²) in [5.41, 5.74) is 6.23. The van der Waals surface area contributed by atoms with Crippen LogP contribution in [0.15, 0.2) is 24.4 Å². The van der Waals surface area contributed by atoms with E-state index in [1.54, 1.807) is 25.2 Å². The highest BCUT2D eigenvalue weighted by Crippen LogP contribution is 2.25. The molecule has 0 radical (unpaired) electrons. The molecule has 2 aromatic rings. The summed E-state index contributed by atoms with van der Waals surface area (Å²) in [5.74, 6) is -0.0693. The summed E-state index contributed by atoms with van der Waals surface area (Å²) >= 11 is 16.9. The van der Waals surface area contributed by atoms with Crippen LogP contribution in [0.5, 0.6) is 0 Å². The summed E-state index contributed by atoms with van der Waals surface area (Å²) in [6.07, 6.45) is 1.48. The van der Waals surface area contributed by atoms with Gasteiger partial charge in [0.1, 0.15) is 10.8 Å². The van der Waals surface area contributed by atoms with Crippen LogP contribution >= 0.6 is 35.4 Å². The number of hydrogen-bond acceptors (Lipinski definition) is 3. The topological polar surface area (TPSA) is 72.9 Å². The largest absolute Gasteiger partial charge is 0.389 e. The minimum atomic E-state index is -0.457. The van der Waals surface area contributed by atoms with E-state index in [2.05, 4.69) is 10.4 Å². The van der Waals surface area contributed by atoms with E-state index in [1.807, 2.05) is 0 Å². The number of nitrogens with zero attached hydrogens (tertiary/aromatic N) is 2. The van der Waals surface area contributed by atoms with Crippen molar-refractivity contribution in [3.05, 3.63) is 45.6 Å². The number of hydrogen-bond donors (Lipinski definition) is 2. The molecule has 104 valence electrons. The zero-order valence-corrected chi connectivity index (χ0v) is 12.7. The molecule has 0 aliphatic rings. The molecule has 8 heteroatoms. The van der Waals surface area contributed by atoms with Crippen LogP contribution in [0.25, 0.3) is 0 Å². The predicted octanol–water partition coefficient (Wildman–Crippen LogP) is 2.61. The summed E-state index contributed by atoms with van der Waals surface area (Å²) in [6.45, 7) is 0. The molecule has 0 spiro atoms. The second kappa shape index (κ2) is 5.78. The molecule has 1 heterocycles. The number of aryl methyl sites for hydroxylation is 1. The van der Waals surface area contributed by atoms with Gasteiger partial charge >= 0.3 is 0 Å². The molecule has 0 bridgehead atoms. The Balaban J connectivity index is 2.38. The zero-order valence-electron chi connectivity index (χ0n) is 10.4. The number of halogens is 2. The lowest BCUT2D eigenvalue weighted by molar-refractivity contribution is 0.102. The summed E-state index contributed by atoms with van der Waals surface area (Å²) in [5, 5.41) is 7.18. The molecule has 2 rings (SSSR count). The Bertz CT molecular complexity index is 679. The molecule has 0 saturated carbocycles. The molecule has 0 atom stereocenters. The highest BCUT2D eigenvalue weighted by atomic mass is 35.5. The molecule has 0 aliphatic heterocycles. The van der Waals surface area contributed by atoms with Gasteiger partial charge in [-0.1, -0.05) is 41.5 Å². The molecule has 3 N–H and O–H groups in total. The van der Waals surface area contributed by atoms with Crippen LogP contribution in [0.2, 0.25) is 10.0 Å². The molecular weight excluding hydrogens is 319 g/mol. The minimum absolute atomic E-state index is 0.138. The zero-order chi connectivity index (χ0) is 14.9. The predicted molar refractivity (Wildman–Crippen MR) is 83.5 cm³/mol. The molecule has 1 aromatic heterocycles. The number of amides is 1. The SMILES string of the molecule is Cn1ncc(C(N)=S)c1NC(=O)c1c(Cl)cccc1Cl. The van der Waals surface area contributed by atoms with Crippen molar-refractivity contribution in [2.45, 2.75) is 0 Å². The number of aromatic nitrogens is 2. The van der Waals surface area contributed by atoms with Crippen LogP contribution in [-0.4, -0.2) is 20.7 Å². The standard InChI is InChI=1S/C12H10Cl2N4OS/c1-18-11(6(5-16-18)10(15)20)17-12(19)9-7(13)3-2-4-8(9)14/h2-5H,1H3,(H2,15,20)(H,17,19). The van der Waals surface area contributed by atoms with E-state index < -0.39 is 5.91 Å². The third-order valence-corrected chi connectivity index (χ3v) is 3.48. The summed E-state index contributed by atoms with van der Waals surface area (Å²) in [7, 11) is 1.66. The monoisotopic (exact) mass is 328 g/mol. The molecule has 0 saturated heterocycles. The van der Waals surface area contributed by atoms with E-state index in [0.29, 0.717) is 11.4 Å². The lowest BCUT2D eigenvalue weighted by atomic mass is 10.2. The van der Waals surface area contributed by atoms with Crippen molar-refractivity contribution in [3.8, 4) is 0 Å². The average Bonchev–Trinajstić information content (AvgIpc) is 2.71. The lowest BCUT2D eigenvalue weighted by Gasteiger charge is -2.10. The van der Waals surface area contributed by atoms with Gasteiger partial charge in [0.25, 0.3) is 5.91 Å². The van der Waals surface area contributed by atoms with E-state index in [1.165, 1.54) is 10.9 Å².